The second-order valence-corrected chi connectivity index (χ2v) is 5.29. The zero-order valence-corrected chi connectivity index (χ0v) is 11.4. The lowest BCUT2D eigenvalue weighted by Gasteiger charge is -2.09. The quantitative estimate of drug-likeness (QED) is 0.782. The van der Waals surface area contributed by atoms with Gasteiger partial charge in [0.25, 0.3) is 0 Å². The topological polar surface area (TPSA) is 27.1 Å². The number of rotatable bonds is 2. The molecule has 1 aromatic carbocycles. The Hall–Kier alpha value is -0.690. The van der Waals surface area contributed by atoms with Crippen LogP contribution in [0.5, 0.6) is 0 Å². The molecule has 0 spiro atoms. The Labute approximate surface area is 112 Å². The van der Waals surface area contributed by atoms with E-state index in [4.69, 9.17) is 4.74 Å². The predicted molar refractivity (Wildman–Crippen MR) is 71.4 cm³/mol. The molecule has 0 unspecified atom stereocenters. The Bertz CT molecular complexity index is 549. The first-order valence-electron chi connectivity index (χ1n) is 5.67. The molecule has 2 aromatic rings. The molecular formula is C12H12FIN2O. The number of halogens is 2. The lowest BCUT2D eigenvalue weighted by molar-refractivity contribution is 0.0935. The molecule has 1 saturated heterocycles. The van der Waals surface area contributed by atoms with Gasteiger partial charge in [-0.05, 0) is 53.6 Å². The molecule has 0 N–H and O–H groups in total. The van der Waals surface area contributed by atoms with Gasteiger partial charge in [-0.2, -0.15) is 5.10 Å². The first-order chi connectivity index (χ1) is 8.24. The molecule has 1 fully saturated rings. The van der Waals surface area contributed by atoms with E-state index in [0.29, 0.717) is 0 Å². The van der Waals surface area contributed by atoms with Crippen LogP contribution < -0.4 is 0 Å². The van der Waals surface area contributed by atoms with Crippen LogP contribution in [0.15, 0.2) is 18.2 Å². The summed E-state index contributed by atoms with van der Waals surface area (Å²) in [5.41, 5.74) is 0.841. The van der Waals surface area contributed by atoms with Crippen molar-refractivity contribution in [3.63, 3.8) is 0 Å². The SMILES string of the molecule is Fc1ccc2nn(C[C@@H]3CCCO3)c(I)c2c1. The van der Waals surface area contributed by atoms with Gasteiger partial charge in [-0.25, -0.2) is 4.39 Å². The average Bonchev–Trinajstić information content (AvgIpc) is 2.91. The van der Waals surface area contributed by atoms with Crippen LogP contribution in [0.1, 0.15) is 12.8 Å². The van der Waals surface area contributed by atoms with Gasteiger partial charge in [-0.1, -0.05) is 0 Å². The maximum Gasteiger partial charge on any atom is 0.124 e. The summed E-state index contributed by atoms with van der Waals surface area (Å²) >= 11 is 2.22. The molecule has 0 saturated carbocycles. The van der Waals surface area contributed by atoms with E-state index < -0.39 is 0 Å². The molecule has 0 aliphatic carbocycles. The summed E-state index contributed by atoms with van der Waals surface area (Å²) in [4.78, 5) is 0. The van der Waals surface area contributed by atoms with E-state index in [1.807, 2.05) is 4.68 Å². The highest BCUT2D eigenvalue weighted by atomic mass is 127. The molecule has 0 amide bonds. The monoisotopic (exact) mass is 346 g/mol. The third-order valence-corrected chi connectivity index (χ3v) is 4.17. The molecule has 1 aromatic heterocycles. The molecule has 5 heteroatoms. The van der Waals surface area contributed by atoms with E-state index in [-0.39, 0.29) is 11.9 Å². The standard InChI is InChI=1S/C12H12FIN2O/c13-8-3-4-11-10(6-8)12(14)16(15-11)7-9-2-1-5-17-9/h3-4,6,9H,1-2,5,7H2/t9-/m0/s1. The van der Waals surface area contributed by atoms with Crippen molar-refractivity contribution in [1.29, 1.82) is 0 Å². The Morgan fingerprint density at radius 1 is 1.53 bits per heavy atom. The number of hydrogen-bond donors (Lipinski definition) is 0. The molecule has 1 atom stereocenters. The fraction of sp³-hybridized carbons (Fsp3) is 0.417. The number of ether oxygens (including phenoxy) is 1. The molecule has 2 heterocycles. The molecule has 0 bridgehead atoms. The van der Waals surface area contributed by atoms with E-state index >= 15 is 0 Å². The summed E-state index contributed by atoms with van der Waals surface area (Å²) in [7, 11) is 0. The minimum Gasteiger partial charge on any atom is -0.376 e. The number of nitrogens with zero attached hydrogens (tertiary/aromatic N) is 2. The maximum absolute atomic E-state index is 13.2. The van der Waals surface area contributed by atoms with Crippen LogP contribution in [-0.2, 0) is 11.3 Å². The van der Waals surface area contributed by atoms with Gasteiger partial charge in [0.2, 0.25) is 0 Å². The van der Waals surface area contributed by atoms with Gasteiger partial charge in [0.05, 0.1) is 18.2 Å². The second kappa shape index (κ2) is 4.53. The van der Waals surface area contributed by atoms with Gasteiger partial charge in [-0.15, -0.1) is 0 Å². The normalized spacial score (nSPS) is 20.2. The fourth-order valence-electron chi connectivity index (χ4n) is 2.18. The van der Waals surface area contributed by atoms with Crippen molar-refractivity contribution in [2.24, 2.45) is 0 Å². The third kappa shape index (κ3) is 2.18. The van der Waals surface area contributed by atoms with Crippen molar-refractivity contribution in [2.45, 2.75) is 25.5 Å². The zero-order valence-electron chi connectivity index (χ0n) is 9.20. The Morgan fingerprint density at radius 2 is 2.41 bits per heavy atom. The van der Waals surface area contributed by atoms with Crippen molar-refractivity contribution in [2.75, 3.05) is 6.61 Å². The third-order valence-electron chi connectivity index (χ3n) is 3.04. The van der Waals surface area contributed by atoms with Crippen molar-refractivity contribution < 1.29 is 9.13 Å². The van der Waals surface area contributed by atoms with Crippen LogP contribution in [0.2, 0.25) is 0 Å². The molecular weight excluding hydrogens is 334 g/mol. The van der Waals surface area contributed by atoms with Crippen molar-refractivity contribution >= 4 is 33.5 Å². The zero-order chi connectivity index (χ0) is 11.8. The van der Waals surface area contributed by atoms with Crippen molar-refractivity contribution in [1.82, 2.24) is 9.78 Å². The molecule has 3 rings (SSSR count). The minimum atomic E-state index is -0.216. The van der Waals surface area contributed by atoms with Crippen molar-refractivity contribution in [3.05, 3.63) is 27.7 Å². The fourth-order valence-corrected chi connectivity index (χ4v) is 2.91. The van der Waals surface area contributed by atoms with Crippen LogP contribution in [0.4, 0.5) is 4.39 Å². The van der Waals surface area contributed by atoms with Crippen LogP contribution in [0.25, 0.3) is 10.9 Å². The van der Waals surface area contributed by atoms with Crippen LogP contribution >= 0.6 is 22.6 Å². The van der Waals surface area contributed by atoms with Gasteiger partial charge in [0, 0.05) is 12.0 Å². The van der Waals surface area contributed by atoms with E-state index in [0.717, 1.165) is 40.6 Å². The Morgan fingerprint density at radius 3 is 3.18 bits per heavy atom. The van der Waals surface area contributed by atoms with E-state index in [1.165, 1.54) is 12.1 Å². The molecule has 1 aliphatic rings. The van der Waals surface area contributed by atoms with Gasteiger partial charge in [0.1, 0.15) is 9.52 Å². The van der Waals surface area contributed by atoms with E-state index in [2.05, 4.69) is 27.7 Å². The molecule has 17 heavy (non-hydrogen) atoms. The molecule has 0 radical (unpaired) electrons. The predicted octanol–water partition coefficient (Wildman–Crippen LogP) is 2.96. The second-order valence-electron chi connectivity index (χ2n) is 4.27. The molecule has 1 aliphatic heterocycles. The number of benzene rings is 1. The first kappa shape index (κ1) is 11.4. The summed E-state index contributed by atoms with van der Waals surface area (Å²) in [6.45, 7) is 1.60. The highest BCUT2D eigenvalue weighted by molar-refractivity contribution is 14.1. The molecule has 3 nitrogen and oxygen atoms in total. The summed E-state index contributed by atoms with van der Waals surface area (Å²) < 4.78 is 21.7. The smallest absolute Gasteiger partial charge is 0.124 e. The summed E-state index contributed by atoms with van der Waals surface area (Å²) in [5, 5.41) is 5.36. The summed E-state index contributed by atoms with van der Waals surface area (Å²) in [5.74, 6) is -0.216. The Kier molecular flexibility index (Phi) is 3.04. The van der Waals surface area contributed by atoms with Crippen LogP contribution in [0.3, 0.4) is 0 Å². The summed E-state index contributed by atoms with van der Waals surface area (Å²) in [6.07, 6.45) is 2.46. The van der Waals surface area contributed by atoms with Crippen LogP contribution in [0, 0.1) is 9.52 Å². The lowest BCUT2D eigenvalue weighted by atomic mass is 10.2. The number of hydrogen-bond acceptors (Lipinski definition) is 2. The average molecular weight is 346 g/mol. The van der Waals surface area contributed by atoms with Gasteiger partial charge >= 0.3 is 0 Å². The molecule has 90 valence electrons. The largest absolute Gasteiger partial charge is 0.376 e. The summed E-state index contributed by atoms with van der Waals surface area (Å²) in [6, 6.07) is 4.71. The first-order valence-corrected chi connectivity index (χ1v) is 6.75. The van der Waals surface area contributed by atoms with E-state index in [1.54, 1.807) is 6.07 Å². The Balaban J connectivity index is 1.96. The number of fused-ring (bicyclic) bond motifs is 1. The maximum atomic E-state index is 13.2. The van der Waals surface area contributed by atoms with Gasteiger partial charge < -0.3 is 4.74 Å². The number of aromatic nitrogens is 2. The van der Waals surface area contributed by atoms with Gasteiger partial charge in [0.15, 0.2) is 0 Å². The lowest BCUT2D eigenvalue weighted by Crippen LogP contribution is -2.16. The van der Waals surface area contributed by atoms with Crippen LogP contribution in [-0.4, -0.2) is 22.5 Å². The minimum absolute atomic E-state index is 0.216. The highest BCUT2D eigenvalue weighted by Gasteiger charge is 2.18. The van der Waals surface area contributed by atoms with E-state index in [9.17, 15) is 4.39 Å². The van der Waals surface area contributed by atoms with Crippen molar-refractivity contribution in [3.8, 4) is 0 Å². The van der Waals surface area contributed by atoms with Gasteiger partial charge in [-0.3, -0.25) is 4.68 Å². The highest BCUT2D eigenvalue weighted by Crippen LogP contribution is 2.23.